The third-order valence-corrected chi connectivity index (χ3v) is 4.68. The first-order chi connectivity index (χ1) is 11.5. The highest BCUT2D eigenvalue weighted by molar-refractivity contribution is 7.89. The van der Waals surface area contributed by atoms with Crippen LogP contribution in [0.1, 0.15) is 19.1 Å². The van der Waals surface area contributed by atoms with Crippen molar-refractivity contribution in [3.63, 3.8) is 0 Å². The van der Waals surface area contributed by atoms with Crippen molar-refractivity contribution in [3.05, 3.63) is 48.4 Å². The van der Waals surface area contributed by atoms with E-state index in [2.05, 4.69) is 15.4 Å². The second kappa shape index (κ2) is 8.51. The summed E-state index contributed by atoms with van der Waals surface area (Å²) in [6.45, 7) is 2.72. The molecular formula is C16H21N3O4S. The van der Waals surface area contributed by atoms with Crippen LogP contribution >= 0.6 is 0 Å². The van der Waals surface area contributed by atoms with Crippen LogP contribution in [0.3, 0.4) is 0 Å². The fraction of sp³-hybridized carbons (Fsp3) is 0.312. The van der Waals surface area contributed by atoms with Crippen molar-refractivity contribution in [2.75, 3.05) is 18.4 Å². The van der Waals surface area contributed by atoms with Gasteiger partial charge in [0.15, 0.2) is 0 Å². The number of benzene rings is 1. The van der Waals surface area contributed by atoms with Crippen LogP contribution < -0.4 is 15.4 Å². The van der Waals surface area contributed by atoms with Crippen molar-refractivity contribution < 1.29 is 17.6 Å². The Hall–Kier alpha value is -2.32. The van der Waals surface area contributed by atoms with Crippen molar-refractivity contribution in [2.45, 2.75) is 24.7 Å². The van der Waals surface area contributed by atoms with Crippen LogP contribution in [-0.2, 0) is 16.4 Å². The first-order valence-electron chi connectivity index (χ1n) is 7.68. The van der Waals surface area contributed by atoms with Crippen molar-refractivity contribution in [1.82, 2.24) is 10.0 Å². The van der Waals surface area contributed by atoms with Crippen LogP contribution in [-0.4, -0.2) is 27.5 Å². The number of amides is 2. The van der Waals surface area contributed by atoms with E-state index in [1.807, 2.05) is 13.0 Å². The Morgan fingerprint density at radius 3 is 2.50 bits per heavy atom. The predicted octanol–water partition coefficient (Wildman–Crippen LogP) is 2.33. The molecule has 3 N–H and O–H groups in total. The molecule has 0 atom stereocenters. The molecule has 24 heavy (non-hydrogen) atoms. The van der Waals surface area contributed by atoms with Crippen molar-refractivity contribution in [3.8, 4) is 0 Å². The second-order valence-corrected chi connectivity index (χ2v) is 6.90. The minimum atomic E-state index is -3.50. The molecule has 2 aromatic rings. The molecule has 1 aromatic heterocycles. The van der Waals surface area contributed by atoms with Gasteiger partial charge in [0, 0.05) is 25.2 Å². The zero-order valence-electron chi connectivity index (χ0n) is 13.4. The van der Waals surface area contributed by atoms with Crippen LogP contribution in [0, 0.1) is 0 Å². The molecule has 0 aliphatic heterocycles. The fourth-order valence-corrected chi connectivity index (χ4v) is 3.10. The SMILES string of the molecule is CCCNS(=O)(=O)c1ccc(NC(=O)NCCc2ccco2)cc1. The van der Waals surface area contributed by atoms with E-state index in [-0.39, 0.29) is 10.9 Å². The standard InChI is InChI=1S/C16H21N3O4S/c1-2-10-18-24(21,22)15-7-5-13(6-8-15)19-16(20)17-11-9-14-4-3-12-23-14/h3-8,12,18H,2,9-11H2,1H3,(H2,17,19,20). The Labute approximate surface area is 141 Å². The van der Waals surface area contributed by atoms with Gasteiger partial charge >= 0.3 is 6.03 Å². The summed E-state index contributed by atoms with van der Waals surface area (Å²) in [4.78, 5) is 11.9. The molecule has 0 unspecified atom stereocenters. The smallest absolute Gasteiger partial charge is 0.319 e. The minimum absolute atomic E-state index is 0.166. The number of hydrogen-bond acceptors (Lipinski definition) is 4. The van der Waals surface area contributed by atoms with E-state index in [9.17, 15) is 13.2 Å². The molecule has 0 saturated heterocycles. The number of sulfonamides is 1. The summed E-state index contributed by atoms with van der Waals surface area (Å²) < 4.78 is 31.6. The molecule has 0 bridgehead atoms. The van der Waals surface area contributed by atoms with E-state index in [4.69, 9.17) is 4.42 Å². The molecule has 2 amide bonds. The molecular weight excluding hydrogens is 330 g/mol. The van der Waals surface area contributed by atoms with Gasteiger partial charge in [-0.3, -0.25) is 0 Å². The molecule has 1 aromatic carbocycles. The highest BCUT2D eigenvalue weighted by Crippen LogP contribution is 2.13. The molecule has 130 valence electrons. The maximum atomic E-state index is 12.0. The van der Waals surface area contributed by atoms with Crippen LogP contribution in [0.15, 0.2) is 52.0 Å². The van der Waals surface area contributed by atoms with Gasteiger partial charge in [-0.2, -0.15) is 0 Å². The maximum absolute atomic E-state index is 12.0. The van der Waals surface area contributed by atoms with E-state index < -0.39 is 10.0 Å². The summed E-state index contributed by atoms with van der Waals surface area (Å²) in [6, 6.07) is 9.28. The topological polar surface area (TPSA) is 100 Å². The molecule has 0 saturated carbocycles. The summed E-state index contributed by atoms with van der Waals surface area (Å²) in [6.07, 6.45) is 2.90. The van der Waals surface area contributed by atoms with E-state index in [1.165, 1.54) is 12.1 Å². The number of furan rings is 1. The second-order valence-electron chi connectivity index (χ2n) is 5.13. The van der Waals surface area contributed by atoms with Crippen LogP contribution in [0.4, 0.5) is 10.5 Å². The van der Waals surface area contributed by atoms with Crippen molar-refractivity contribution in [2.24, 2.45) is 0 Å². The Morgan fingerprint density at radius 2 is 1.88 bits per heavy atom. The number of hydrogen-bond donors (Lipinski definition) is 3. The Bertz CT molecular complexity index is 740. The van der Waals surface area contributed by atoms with Gasteiger partial charge in [-0.25, -0.2) is 17.9 Å². The summed E-state index contributed by atoms with van der Waals surface area (Å²) >= 11 is 0. The highest BCUT2D eigenvalue weighted by Gasteiger charge is 2.12. The Balaban J connectivity index is 1.83. The van der Waals surface area contributed by atoms with Gasteiger partial charge in [0.05, 0.1) is 11.2 Å². The minimum Gasteiger partial charge on any atom is -0.469 e. The average molecular weight is 351 g/mol. The Morgan fingerprint density at radius 1 is 1.12 bits per heavy atom. The van der Waals surface area contributed by atoms with Crippen LogP contribution in [0.2, 0.25) is 0 Å². The maximum Gasteiger partial charge on any atom is 0.319 e. The third kappa shape index (κ3) is 5.39. The number of rotatable bonds is 8. The van der Waals surface area contributed by atoms with Gasteiger partial charge < -0.3 is 15.1 Å². The molecule has 0 spiro atoms. The first kappa shape index (κ1) is 18.0. The van der Waals surface area contributed by atoms with Crippen LogP contribution in [0.25, 0.3) is 0 Å². The highest BCUT2D eigenvalue weighted by atomic mass is 32.2. The average Bonchev–Trinajstić information content (AvgIpc) is 3.07. The molecule has 0 fully saturated rings. The number of carbonyl (C=O) groups excluding carboxylic acids is 1. The monoisotopic (exact) mass is 351 g/mol. The quantitative estimate of drug-likeness (QED) is 0.679. The lowest BCUT2D eigenvalue weighted by Gasteiger charge is -2.09. The summed E-state index contributed by atoms with van der Waals surface area (Å²) in [5.74, 6) is 0.796. The summed E-state index contributed by atoms with van der Waals surface area (Å²) in [5, 5.41) is 5.35. The lowest BCUT2D eigenvalue weighted by Crippen LogP contribution is -2.30. The lowest BCUT2D eigenvalue weighted by molar-refractivity contribution is 0.252. The van der Waals surface area contributed by atoms with Gasteiger partial charge in [0.2, 0.25) is 10.0 Å². The van der Waals surface area contributed by atoms with Gasteiger partial charge in [0.1, 0.15) is 5.76 Å². The van der Waals surface area contributed by atoms with Gasteiger partial charge in [-0.1, -0.05) is 6.92 Å². The zero-order chi connectivity index (χ0) is 17.4. The number of nitrogens with one attached hydrogen (secondary N) is 3. The molecule has 0 aliphatic carbocycles. The first-order valence-corrected chi connectivity index (χ1v) is 9.16. The van der Waals surface area contributed by atoms with Crippen molar-refractivity contribution in [1.29, 1.82) is 0 Å². The fourth-order valence-electron chi connectivity index (χ4n) is 1.97. The largest absolute Gasteiger partial charge is 0.469 e. The number of carbonyl (C=O) groups is 1. The summed E-state index contributed by atoms with van der Waals surface area (Å²) in [5.41, 5.74) is 0.514. The molecule has 0 radical (unpaired) electrons. The zero-order valence-corrected chi connectivity index (χ0v) is 14.2. The Kier molecular flexibility index (Phi) is 6.39. The van der Waals surface area contributed by atoms with Crippen molar-refractivity contribution >= 4 is 21.7 Å². The molecule has 2 rings (SSSR count). The molecule has 8 heteroatoms. The van der Waals surface area contributed by atoms with Gasteiger partial charge in [-0.05, 0) is 42.8 Å². The number of anilines is 1. The molecule has 7 nitrogen and oxygen atoms in total. The summed E-state index contributed by atoms with van der Waals surface area (Å²) in [7, 11) is -3.50. The van der Waals surface area contributed by atoms with Crippen LogP contribution in [0.5, 0.6) is 0 Å². The van der Waals surface area contributed by atoms with E-state index >= 15 is 0 Å². The van der Waals surface area contributed by atoms with E-state index in [0.29, 0.717) is 25.2 Å². The lowest BCUT2D eigenvalue weighted by atomic mass is 10.3. The van der Waals surface area contributed by atoms with Gasteiger partial charge in [-0.15, -0.1) is 0 Å². The van der Waals surface area contributed by atoms with Gasteiger partial charge in [0.25, 0.3) is 0 Å². The molecule has 0 aliphatic rings. The molecule has 1 heterocycles. The predicted molar refractivity (Wildman–Crippen MR) is 91.4 cm³/mol. The van der Waals surface area contributed by atoms with E-state index in [0.717, 1.165) is 12.2 Å². The normalized spacial score (nSPS) is 11.2. The number of urea groups is 1. The van der Waals surface area contributed by atoms with E-state index in [1.54, 1.807) is 24.5 Å². The third-order valence-electron chi connectivity index (χ3n) is 3.20.